The number of hydrogen-bond acceptors (Lipinski definition) is 4. The Kier molecular flexibility index (Phi) is 3.87. The third-order valence-electron chi connectivity index (χ3n) is 3.32. The van der Waals surface area contributed by atoms with Crippen molar-refractivity contribution in [3.63, 3.8) is 0 Å². The first kappa shape index (κ1) is 13.6. The van der Waals surface area contributed by atoms with Gasteiger partial charge in [0.25, 0.3) is 0 Å². The molecule has 0 aliphatic rings. The number of nitrogen functional groups attached to an aromatic ring is 1. The van der Waals surface area contributed by atoms with Crippen molar-refractivity contribution in [2.24, 2.45) is 5.84 Å². The average Bonchev–Trinajstić information content (AvgIpc) is 2.77. The van der Waals surface area contributed by atoms with Crippen molar-refractivity contribution in [1.82, 2.24) is 10.3 Å². The highest BCUT2D eigenvalue weighted by Gasteiger charge is 2.21. The van der Waals surface area contributed by atoms with E-state index in [1.165, 1.54) is 0 Å². The standard InChI is InChI=1S/C14H19N3O2/c1-9(2)17(3)8-11-10-6-4-5-7-12(10)19-13(11)14(18)16-15/h4-7,9H,8,15H2,1-3H3,(H,16,18). The minimum Gasteiger partial charge on any atom is -0.451 e. The molecular weight excluding hydrogens is 242 g/mol. The predicted octanol–water partition coefficient (Wildman–Crippen LogP) is 1.88. The molecule has 0 bridgehead atoms. The molecular formula is C14H19N3O2. The van der Waals surface area contributed by atoms with E-state index in [1.54, 1.807) is 0 Å². The second kappa shape index (κ2) is 5.42. The van der Waals surface area contributed by atoms with Crippen molar-refractivity contribution >= 4 is 16.9 Å². The lowest BCUT2D eigenvalue weighted by atomic mass is 10.1. The van der Waals surface area contributed by atoms with Crippen LogP contribution in [0.15, 0.2) is 28.7 Å². The van der Waals surface area contributed by atoms with Gasteiger partial charge in [-0.25, -0.2) is 5.84 Å². The summed E-state index contributed by atoms with van der Waals surface area (Å²) >= 11 is 0. The van der Waals surface area contributed by atoms with Gasteiger partial charge in [-0.15, -0.1) is 0 Å². The van der Waals surface area contributed by atoms with Gasteiger partial charge in [0.15, 0.2) is 5.76 Å². The summed E-state index contributed by atoms with van der Waals surface area (Å²) in [6.07, 6.45) is 0. The molecule has 1 amide bonds. The lowest BCUT2D eigenvalue weighted by molar-refractivity contribution is 0.0925. The van der Waals surface area contributed by atoms with E-state index in [4.69, 9.17) is 10.3 Å². The molecule has 102 valence electrons. The zero-order chi connectivity index (χ0) is 14.0. The fourth-order valence-electron chi connectivity index (χ4n) is 1.94. The van der Waals surface area contributed by atoms with Crippen LogP contribution in [0.3, 0.4) is 0 Å². The number of nitrogens with two attached hydrogens (primary N) is 1. The van der Waals surface area contributed by atoms with Crippen LogP contribution in [0, 0.1) is 0 Å². The summed E-state index contributed by atoms with van der Waals surface area (Å²) < 4.78 is 5.61. The fraction of sp³-hybridized carbons (Fsp3) is 0.357. The Morgan fingerprint density at radius 1 is 1.42 bits per heavy atom. The molecule has 5 nitrogen and oxygen atoms in total. The number of fused-ring (bicyclic) bond motifs is 1. The minimum atomic E-state index is -0.400. The Morgan fingerprint density at radius 3 is 2.74 bits per heavy atom. The zero-order valence-electron chi connectivity index (χ0n) is 11.4. The second-order valence-electron chi connectivity index (χ2n) is 4.89. The molecule has 0 aliphatic carbocycles. The molecule has 1 aromatic carbocycles. The van der Waals surface area contributed by atoms with Gasteiger partial charge in [0.1, 0.15) is 5.58 Å². The van der Waals surface area contributed by atoms with Gasteiger partial charge in [0, 0.05) is 23.5 Å². The third kappa shape index (κ3) is 2.62. The van der Waals surface area contributed by atoms with Crippen LogP contribution in [0.4, 0.5) is 0 Å². The van der Waals surface area contributed by atoms with E-state index in [-0.39, 0.29) is 5.76 Å². The lowest BCUT2D eigenvalue weighted by Gasteiger charge is -2.20. The maximum absolute atomic E-state index is 11.8. The zero-order valence-corrected chi connectivity index (χ0v) is 11.4. The Balaban J connectivity index is 2.51. The molecule has 0 fully saturated rings. The van der Waals surface area contributed by atoms with Gasteiger partial charge >= 0.3 is 5.91 Å². The first-order valence-corrected chi connectivity index (χ1v) is 6.26. The van der Waals surface area contributed by atoms with E-state index in [0.717, 1.165) is 10.9 Å². The van der Waals surface area contributed by atoms with Crippen LogP contribution < -0.4 is 11.3 Å². The number of benzene rings is 1. The molecule has 2 rings (SSSR count). The molecule has 2 aromatic rings. The van der Waals surface area contributed by atoms with Crippen molar-refractivity contribution in [3.05, 3.63) is 35.6 Å². The van der Waals surface area contributed by atoms with Crippen LogP contribution in [0.2, 0.25) is 0 Å². The van der Waals surface area contributed by atoms with Gasteiger partial charge in [-0.2, -0.15) is 0 Å². The second-order valence-corrected chi connectivity index (χ2v) is 4.89. The topological polar surface area (TPSA) is 71.5 Å². The monoisotopic (exact) mass is 261 g/mol. The van der Waals surface area contributed by atoms with E-state index in [0.29, 0.717) is 18.2 Å². The van der Waals surface area contributed by atoms with E-state index in [9.17, 15) is 4.79 Å². The minimum absolute atomic E-state index is 0.288. The molecule has 0 saturated heterocycles. The summed E-state index contributed by atoms with van der Waals surface area (Å²) in [6, 6.07) is 7.99. The molecule has 0 aliphatic heterocycles. The highest BCUT2D eigenvalue weighted by molar-refractivity contribution is 5.98. The number of carbonyl (C=O) groups excluding carboxylic acids is 1. The van der Waals surface area contributed by atoms with Crippen molar-refractivity contribution < 1.29 is 9.21 Å². The molecule has 0 unspecified atom stereocenters. The van der Waals surface area contributed by atoms with Crippen molar-refractivity contribution in [2.45, 2.75) is 26.4 Å². The quantitative estimate of drug-likeness (QED) is 0.501. The molecule has 3 N–H and O–H groups in total. The summed E-state index contributed by atoms with van der Waals surface area (Å²) in [5, 5.41) is 0.952. The maximum atomic E-state index is 11.8. The van der Waals surface area contributed by atoms with Crippen molar-refractivity contribution in [3.8, 4) is 0 Å². The SMILES string of the molecule is CC(C)N(C)Cc1c(C(=O)NN)oc2ccccc12. The first-order valence-electron chi connectivity index (χ1n) is 6.26. The molecule has 0 saturated carbocycles. The molecule has 5 heteroatoms. The summed E-state index contributed by atoms with van der Waals surface area (Å²) in [7, 11) is 2.01. The molecule has 19 heavy (non-hydrogen) atoms. The molecule has 0 atom stereocenters. The van der Waals surface area contributed by atoms with Crippen LogP contribution in [0.25, 0.3) is 11.0 Å². The molecule has 1 heterocycles. The molecule has 0 radical (unpaired) electrons. The van der Waals surface area contributed by atoms with E-state index in [2.05, 4.69) is 24.2 Å². The van der Waals surface area contributed by atoms with Crippen LogP contribution >= 0.6 is 0 Å². The lowest BCUT2D eigenvalue weighted by Crippen LogP contribution is -2.32. The first-order chi connectivity index (χ1) is 9.04. The predicted molar refractivity (Wildman–Crippen MR) is 74.5 cm³/mol. The van der Waals surface area contributed by atoms with Gasteiger partial charge < -0.3 is 4.42 Å². The van der Waals surface area contributed by atoms with E-state index < -0.39 is 5.91 Å². The average molecular weight is 261 g/mol. The number of hydrogen-bond donors (Lipinski definition) is 2. The molecule has 1 aromatic heterocycles. The largest absolute Gasteiger partial charge is 0.451 e. The van der Waals surface area contributed by atoms with Crippen LogP contribution in [0.1, 0.15) is 30.0 Å². The van der Waals surface area contributed by atoms with Crippen LogP contribution in [0.5, 0.6) is 0 Å². The maximum Gasteiger partial charge on any atom is 0.301 e. The van der Waals surface area contributed by atoms with Crippen molar-refractivity contribution in [1.29, 1.82) is 0 Å². The normalized spacial score (nSPS) is 11.5. The number of nitrogens with one attached hydrogen (secondary N) is 1. The Morgan fingerprint density at radius 2 is 2.11 bits per heavy atom. The van der Waals surface area contributed by atoms with Gasteiger partial charge in [0.2, 0.25) is 0 Å². The van der Waals surface area contributed by atoms with Crippen LogP contribution in [-0.4, -0.2) is 23.9 Å². The van der Waals surface area contributed by atoms with Gasteiger partial charge in [-0.3, -0.25) is 15.1 Å². The number of amides is 1. The third-order valence-corrected chi connectivity index (χ3v) is 3.32. The van der Waals surface area contributed by atoms with Crippen molar-refractivity contribution in [2.75, 3.05) is 7.05 Å². The number of para-hydroxylation sites is 1. The van der Waals surface area contributed by atoms with Crippen LogP contribution in [-0.2, 0) is 6.54 Å². The molecule has 0 spiro atoms. The Bertz CT molecular complexity index is 589. The smallest absolute Gasteiger partial charge is 0.301 e. The highest BCUT2D eigenvalue weighted by Crippen LogP contribution is 2.27. The summed E-state index contributed by atoms with van der Waals surface area (Å²) in [5.74, 6) is 5.10. The highest BCUT2D eigenvalue weighted by atomic mass is 16.3. The Labute approximate surface area is 112 Å². The fourth-order valence-corrected chi connectivity index (χ4v) is 1.94. The number of carbonyl (C=O) groups is 1. The number of rotatable bonds is 4. The Hall–Kier alpha value is -1.85. The van der Waals surface area contributed by atoms with Gasteiger partial charge in [-0.1, -0.05) is 18.2 Å². The summed E-state index contributed by atoms with van der Waals surface area (Å²) in [4.78, 5) is 14.0. The van der Waals surface area contributed by atoms with E-state index >= 15 is 0 Å². The summed E-state index contributed by atoms with van der Waals surface area (Å²) in [5.41, 5.74) is 3.71. The van der Waals surface area contributed by atoms with Gasteiger partial charge in [0.05, 0.1) is 0 Å². The summed E-state index contributed by atoms with van der Waals surface area (Å²) in [6.45, 7) is 4.84. The number of nitrogens with zero attached hydrogens (tertiary/aromatic N) is 1. The van der Waals surface area contributed by atoms with Gasteiger partial charge in [-0.05, 0) is 27.0 Å². The number of hydrazine groups is 1. The number of furan rings is 1. The van der Waals surface area contributed by atoms with E-state index in [1.807, 2.05) is 31.3 Å².